The zero-order chi connectivity index (χ0) is 22.5. The molecule has 0 spiro atoms. The molecule has 3 aliphatic rings. The van der Waals surface area contributed by atoms with Crippen LogP contribution in [0.1, 0.15) is 80.9 Å². The number of thioether (sulfide) groups is 1. The Morgan fingerprint density at radius 3 is 2.61 bits per heavy atom. The lowest BCUT2D eigenvalue weighted by Gasteiger charge is -2.31. The van der Waals surface area contributed by atoms with E-state index in [9.17, 15) is 0 Å². The smallest absolute Gasteiger partial charge is 0.191 e. The summed E-state index contributed by atoms with van der Waals surface area (Å²) in [5, 5.41) is 10.6. The van der Waals surface area contributed by atoms with Crippen molar-refractivity contribution in [2.75, 3.05) is 25.4 Å². The van der Waals surface area contributed by atoms with Gasteiger partial charge in [-0.1, -0.05) is 37.1 Å². The monoisotopic (exact) mass is 469 g/mol. The van der Waals surface area contributed by atoms with Crippen LogP contribution in [-0.4, -0.2) is 56.2 Å². The van der Waals surface area contributed by atoms with E-state index < -0.39 is 0 Å². The summed E-state index contributed by atoms with van der Waals surface area (Å²) >= 11 is 1.94. The molecular weight excluding hydrogens is 430 g/mol. The summed E-state index contributed by atoms with van der Waals surface area (Å²) in [4.78, 5) is 7.23. The quantitative estimate of drug-likeness (QED) is 0.495. The summed E-state index contributed by atoms with van der Waals surface area (Å²) in [6, 6.07) is 6.33. The molecule has 2 aromatic heterocycles. The minimum Gasteiger partial charge on any atom is -0.376 e. The van der Waals surface area contributed by atoms with Gasteiger partial charge in [0.05, 0.1) is 18.3 Å². The number of nitrogens with zero attached hydrogens (tertiary/aromatic N) is 5. The van der Waals surface area contributed by atoms with Crippen molar-refractivity contribution >= 4 is 11.8 Å². The van der Waals surface area contributed by atoms with Crippen LogP contribution in [0.15, 0.2) is 23.4 Å². The molecule has 1 saturated carbocycles. The van der Waals surface area contributed by atoms with E-state index in [1.807, 2.05) is 11.8 Å². The number of piperidine rings is 1. The van der Waals surface area contributed by atoms with Crippen LogP contribution in [0.5, 0.6) is 0 Å². The summed E-state index contributed by atoms with van der Waals surface area (Å²) in [6.45, 7) is 7.02. The van der Waals surface area contributed by atoms with Crippen molar-refractivity contribution in [3.8, 4) is 0 Å². The fourth-order valence-corrected chi connectivity index (χ4v) is 6.83. The number of hydrogen-bond donors (Lipinski definition) is 0. The largest absolute Gasteiger partial charge is 0.376 e. The van der Waals surface area contributed by atoms with Crippen LogP contribution in [0.2, 0.25) is 0 Å². The predicted molar refractivity (Wildman–Crippen MR) is 133 cm³/mol. The number of ether oxygens (including phenoxy) is 1. The van der Waals surface area contributed by atoms with Gasteiger partial charge in [-0.05, 0) is 76.6 Å². The predicted octanol–water partition coefficient (Wildman–Crippen LogP) is 5.21. The first-order valence-electron chi connectivity index (χ1n) is 13.1. The number of aromatic nitrogens is 4. The number of likely N-dealkylation sites (tertiary alicyclic amines) is 1. The van der Waals surface area contributed by atoms with E-state index in [2.05, 4.69) is 34.6 Å². The molecule has 7 heteroatoms. The van der Waals surface area contributed by atoms with Gasteiger partial charge in [0.2, 0.25) is 0 Å². The van der Waals surface area contributed by atoms with Gasteiger partial charge in [-0.15, -0.1) is 10.2 Å². The van der Waals surface area contributed by atoms with Crippen molar-refractivity contribution in [3.05, 3.63) is 35.4 Å². The second-order valence-electron chi connectivity index (χ2n) is 10.2. The standard InChI is InChI=1S/C26H39N5OS/c1-20-7-5-10-23(27-20)17-30-14-12-22(13-15-30)25-28-29-26(31(25)18-24-11-6-16-32-24)33-19-21-8-3-2-4-9-21/h5,7,10,21-22,24H,2-4,6,8-9,11-19H2,1H3. The highest BCUT2D eigenvalue weighted by molar-refractivity contribution is 7.99. The second-order valence-corrected chi connectivity index (χ2v) is 11.2. The first-order chi connectivity index (χ1) is 16.2. The Balaban J connectivity index is 1.23. The maximum absolute atomic E-state index is 6.01. The third-order valence-corrected chi connectivity index (χ3v) is 8.81. The molecule has 6 nitrogen and oxygen atoms in total. The van der Waals surface area contributed by atoms with Gasteiger partial charge in [0.1, 0.15) is 5.82 Å². The van der Waals surface area contributed by atoms with Crippen molar-refractivity contribution in [2.45, 2.75) is 95.0 Å². The lowest BCUT2D eigenvalue weighted by atomic mass is 9.91. The molecule has 5 rings (SSSR count). The minimum atomic E-state index is 0.321. The molecule has 180 valence electrons. The van der Waals surface area contributed by atoms with Crippen molar-refractivity contribution in [1.82, 2.24) is 24.6 Å². The third kappa shape index (κ3) is 6.17. The molecule has 0 bridgehead atoms. The van der Waals surface area contributed by atoms with Gasteiger partial charge >= 0.3 is 0 Å². The van der Waals surface area contributed by atoms with Gasteiger partial charge in [-0.2, -0.15) is 0 Å². The van der Waals surface area contributed by atoms with Crippen LogP contribution in [0.4, 0.5) is 0 Å². The fraction of sp³-hybridized carbons (Fsp3) is 0.731. The number of aryl methyl sites for hydroxylation is 1. The Morgan fingerprint density at radius 1 is 1.00 bits per heavy atom. The van der Waals surface area contributed by atoms with Crippen molar-refractivity contribution in [3.63, 3.8) is 0 Å². The van der Waals surface area contributed by atoms with E-state index in [4.69, 9.17) is 19.9 Å². The van der Waals surface area contributed by atoms with Crippen LogP contribution in [0, 0.1) is 12.8 Å². The topological polar surface area (TPSA) is 56.1 Å². The Morgan fingerprint density at radius 2 is 1.85 bits per heavy atom. The number of pyridine rings is 1. The van der Waals surface area contributed by atoms with E-state index in [-0.39, 0.29) is 0 Å². The minimum absolute atomic E-state index is 0.321. The highest BCUT2D eigenvalue weighted by atomic mass is 32.2. The Hall–Kier alpha value is -1.44. The highest BCUT2D eigenvalue weighted by Gasteiger charge is 2.29. The van der Waals surface area contributed by atoms with E-state index in [0.29, 0.717) is 12.0 Å². The molecule has 0 radical (unpaired) electrons. The molecule has 0 amide bonds. The molecule has 3 fully saturated rings. The molecule has 33 heavy (non-hydrogen) atoms. The van der Waals surface area contributed by atoms with Crippen molar-refractivity contribution < 1.29 is 4.74 Å². The van der Waals surface area contributed by atoms with Gasteiger partial charge in [-0.25, -0.2) is 0 Å². The first kappa shape index (κ1) is 23.3. The van der Waals surface area contributed by atoms with E-state index in [0.717, 1.165) is 68.8 Å². The Labute approximate surface area is 202 Å². The third-order valence-electron chi connectivity index (χ3n) is 7.61. The average molecular weight is 470 g/mol. The molecule has 2 aromatic rings. The number of hydrogen-bond acceptors (Lipinski definition) is 6. The molecule has 2 saturated heterocycles. The van der Waals surface area contributed by atoms with Gasteiger partial charge < -0.3 is 9.30 Å². The second kappa shape index (κ2) is 11.3. The SMILES string of the molecule is Cc1cccc(CN2CCC(c3nnc(SCC4CCCCC4)n3CC3CCCO3)CC2)n1. The molecule has 1 aliphatic carbocycles. The zero-order valence-electron chi connectivity index (χ0n) is 20.1. The van der Waals surface area contributed by atoms with E-state index >= 15 is 0 Å². The fourth-order valence-electron chi connectivity index (χ4n) is 5.68. The summed E-state index contributed by atoms with van der Waals surface area (Å²) in [5.41, 5.74) is 2.28. The van der Waals surface area contributed by atoms with E-state index in [1.165, 1.54) is 55.8 Å². The van der Waals surface area contributed by atoms with Crippen molar-refractivity contribution in [1.29, 1.82) is 0 Å². The van der Waals surface area contributed by atoms with Gasteiger partial charge in [-0.3, -0.25) is 9.88 Å². The van der Waals surface area contributed by atoms with Crippen LogP contribution >= 0.6 is 11.8 Å². The summed E-state index contributed by atoms with van der Waals surface area (Å²) in [6.07, 6.45) is 11.9. The van der Waals surface area contributed by atoms with Gasteiger partial charge in [0, 0.05) is 30.5 Å². The summed E-state index contributed by atoms with van der Waals surface area (Å²) in [5.74, 6) is 3.72. The highest BCUT2D eigenvalue weighted by Crippen LogP contribution is 2.33. The average Bonchev–Trinajstić information content (AvgIpc) is 3.50. The lowest BCUT2D eigenvalue weighted by molar-refractivity contribution is 0.0931. The van der Waals surface area contributed by atoms with Crippen LogP contribution in [0.25, 0.3) is 0 Å². The zero-order valence-corrected chi connectivity index (χ0v) is 20.9. The summed E-state index contributed by atoms with van der Waals surface area (Å²) < 4.78 is 8.45. The lowest BCUT2D eigenvalue weighted by Crippen LogP contribution is -2.34. The first-order valence-corrected chi connectivity index (χ1v) is 14.1. The van der Waals surface area contributed by atoms with Gasteiger partial charge in [0.25, 0.3) is 0 Å². The molecule has 1 atom stereocenters. The molecule has 2 aliphatic heterocycles. The normalized spacial score (nSPS) is 23.4. The van der Waals surface area contributed by atoms with Crippen LogP contribution in [0.3, 0.4) is 0 Å². The van der Waals surface area contributed by atoms with Gasteiger partial charge in [0.15, 0.2) is 5.16 Å². The van der Waals surface area contributed by atoms with Crippen LogP contribution in [-0.2, 0) is 17.8 Å². The summed E-state index contributed by atoms with van der Waals surface area (Å²) in [7, 11) is 0. The molecule has 1 unspecified atom stereocenters. The molecule has 0 aromatic carbocycles. The maximum Gasteiger partial charge on any atom is 0.191 e. The van der Waals surface area contributed by atoms with Crippen molar-refractivity contribution in [2.24, 2.45) is 5.92 Å². The number of rotatable bonds is 8. The molecular formula is C26H39N5OS. The maximum atomic E-state index is 6.01. The molecule has 4 heterocycles. The van der Waals surface area contributed by atoms with E-state index in [1.54, 1.807) is 0 Å². The Kier molecular flexibility index (Phi) is 8.00. The Bertz CT molecular complexity index is 883. The molecule has 0 N–H and O–H groups in total. The van der Waals surface area contributed by atoms with Crippen LogP contribution < -0.4 is 0 Å².